The summed E-state index contributed by atoms with van der Waals surface area (Å²) in [4.78, 5) is 15.7. The minimum atomic E-state index is -0.105. The highest BCUT2D eigenvalue weighted by atomic mass is 35.5. The third-order valence-corrected chi connectivity index (χ3v) is 6.25. The lowest BCUT2D eigenvalue weighted by molar-refractivity contribution is 0.523. The molecule has 0 radical (unpaired) electrons. The number of aromatic amines is 1. The van der Waals surface area contributed by atoms with Gasteiger partial charge in [-0.1, -0.05) is 54.8 Å². The maximum absolute atomic E-state index is 12.6. The van der Waals surface area contributed by atoms with Gasteiger partial charge in [0.1, 0.15) is 0 Å². The van der Waals surface area contributed by atoms with Crippen LogP contribution >= 0.6 is 11.6 Å². The molecule has 1 saturated carbocycles. The normalized spacial score (nSPS) is 16.2. The fourth-order valence-electron chi connectivity index (χ4n) is 4.61. The van der Waals surface area contributed by atoms with Gasteiger partial charge in [0.2, 0.25) is 0 Å². The molecule has 2 aliphatic rings. The molecule has 0 aliphatic heterocycles. The van der Waals surface area contributed by atoms with Gasteiger partial charge >= 0.3 is 0 Å². The first-order valence-electron chi connectivity index (χ1n) is 9.40. The SMILES string of the molecule is O=c1[nH]c2c(c3cccc(Cl)c13)Cc1c(CNC3CCCC3)cccc1-2. The summed E-state index contributed by atoms with van der Waals surface area (Å²) in [7, 11) is 0. The fraction of sp³-hybridized carbons (Fsp3) is 0.318. The first-order chi connectivity index (χ1) is 12.7. The molecule has 1 aromatic heterocycles. The lowest BCUT2D eigenvalue weighted by atomic mass is 10.0. The van der Waals surface area contributed by atoms with Crippen molar-refractivity contribution in [1.29, 1.82) is 0 Å². The number of H-pyrrole nitrogens is 1. The topological polar surface area (TPSA) is 44.9 Å². The van der Waals surface area contributed by atoms with E-state index in [2.05, 4.69) is 28.5 Å². The van der Waals surface area contributed by atoms with E-state index in [0.717, 1.165) is 29.6 Å². The van der Waals surface area contributed by atoms with Crippen LogP contribution in [0, 0.1) is 0 Å². The molecular weight excluding hydrogens is 344 g/mol. The van der Waals surface area contributed by atoms with E-state index < -0.39 is 0 Å². The maximum Gasteiger partial charge on any atom is 0.257 e. The molecule has 3 aromatic rings. The number of benzene rings is 2. The number of rotatable bonds is 3. The summed E-state index contributed by atoms with van der Waals surface area (Å²) < 4.78 is 0. The van der Waals surface area contributed by atoms with Gasteiger partial charge in [0.25, 0.3) is 5.56 Å². The van der Waals surface area contributed by atoms with Crippen LogP contribution in [0.5, 0.6) is 0 Å². The van der Waals surface area contributed by atoms with Gasteiger partial charge in [0.15, 0.2) is 0 Å². The Balaban J connectivity index is 1.58. The van der Waals surface area contributed by atoms with Gasteiger partial charge in [0, 0.05) is 24.6 Å². The first-order valence-corrected chi connectivity index (χ1v) is 9.78. The highest BCUT2D eigenvalue weighted by molar-refractivity contribution is 6.35. The molecule has 2 aliphatic carbocycles. The minimum Gasteiger partial charge on any atom is -0.321 e. The second kappa shape index (κ2) is 6.26. The molecule has 2 aromatic carbocycles. The molecule has 5 rings (SSSR count). The van der Waals surface area contributed by atoms with Crippen LogP contribution in [0.3, 0.4) is 0 Å². The third-order valence-electron chi connectivity index (χ3n) is 5.94. The highest BCUT2D eigenvalue weighted by Gasteiger charge is 2.25. The monoisotopic (exact) mass is 364 g/mol. The van der Waals surface area contributed by atoms with Crippen LogP contribution in [0.2, 0.25) is 5.02 Å². The molecule has 132 valence electrons. The maximum atomic E-state index is 12.6. The molecule has 0 unspecified atom stereocenters. The van der Waals surface area contributed by atoms with Crippen molar-refractivity contribution in [3.8, 4) is 11.3 Å². The zero-order valence-corrected chi connectivity index (χ0v) is 15.3. The Bertz CT molecular complexity index is 1060. The molecule has 0 bridgehead atoms. The van der Waals surface area contributed by atoms with Crippen molar-refractivity contribution in [1.82, 2.24) is 10.3 Å². The second-order valence-corrected chi connectivity index (χ2v) is 7.86. The van der Waals surface area contributed by atoms with Gasteiger partial charge in [-0.3, -0.25) is 4.79 Å². The number of hydrogen-bond donors (Lipinski definition) is 2. The van der Waals surface area contributed by atoms with E-state index in [1.807, 2.05) is 12.1 Å². The summed E-state index contributed by atoms with van der Waals surface area (Å²) in [6.45, 7) is 0.894. The standard InChI is InChI=1S/C22H21ClN2O/c23-19-10-4-8-15-18-11-17-13(12-24-14-6-1-2-7-14)5-3-9-16(17)21(18)25-22(26)20(15)19/h3-5,8-10,14,24H,1-2,6-7,11-12H2,(H,25,26). The molecule has 0 amide bonds. The van der Waals surface area contributed by atoms with Gasteiger partial charge in [0.05, 0.1) is 16.1 Å². The molecule has 0 saturated heterocycles. The third kappa shape index (κ3) is 2.50. The number of halogens is 1. The van der Waals surface area contributed by atoms with Crippen LogP contribution in [-0.4, -0.2) is 11.0 Å². The van der Waals surface area contributed by atoms with Crippen molar-refractivity contribution < 1.29 is 0 Å². The molecule has 2 N–H and O–H groups in total. The van der Waals surface area contributed by atoms with Crippen LogP contribution in [0.25, 0.3) is 22.0 Å². The van der Waals surface area contributed by atoms with E-state index in [4.69, 9.17) is 11.6 Å². The first kappa shape index (κ1) is 16.1. The molecule has 1 fully saturated rings. The second-order valence-electron chi connectivity index (χ2n) is 7.45. The Morgan fingerprint density at radius 3 is 2.73 bits per heavy atom. The van der Waals surface area contributed by atoms with Crippen molar-refractivity contribution in [3.63, 3.8) is 0 Å². The molecule has 0 atom stereocenters. The van der Waals surface area contributed by atoms with Gasteiger partial charge in [-0.05, 0) is 41.0 Å². The number of nitrogens with one attached hydrogen (secondary N) is 2. The Morgan fingerprint density at radius 1 is 1.08 bits per heavy atom. The Morgan fingerprint density at radius 2 is 1.88 bits per heavy atom. The summed E-state index contributed by atoms with van der Waals surface area (Å²) in [5.41, 5.74) is 5.86. The van der Waals surface area contributed by atoms with Gasteiger partial charge in [-0.15, -0.1) is 0 Å². The van der Waals surface area contributed by atoms with Crippen molar-refractivity contribution in [2.45, 2.75) is 44.7 Å². The molecule has 3 nitrogen and oxygen atoms in total. The highest BCUT2D eigenvalue weighted by Crippen LogP contribution is 2.40. The summed E-state index contributed by atoms with van der Waals surface area (Å²) in [5, 5.41) is 5.82. The smallest absolute Gasteiger partial charge is 0.257 e. The Kier molecular flexibility index (Phi) is 3.87. The average Bonchev–Trinajstić information content (AvgIpc) is 3.28. The molecule has 0 spiro atoms. The summed E-state index contributed by atoms with van der Waals surface area (Å²) >= 11 is 6.30. The summed E-state index contributed by atoms with van der Waals surface area (Å²) in [6.07, 6.45) is 6.09. The molecule has 1 heterocycles. The van der Waals surface area contributed by atoms with Gasteiger partial charge in [-0.25, -0.2) is 0 Å². The minimum absolute atomic E-state index is 0.105. The lowest BCUT2D eigenvalue weighted by Crippen LogP contribution is -2.25. The largest absolute Gasteiger partial charge is 0.321 e. The average molecular weight is 365 g/mol. The Labute approximate surface area is 157 Å². The van der Waals surface area contributed by atoms with E-state index in [0.29, 0.717) is 16.5 Å². The molecule has 26 heavy (non-hydrogen) atoms. The van der Waals surface area contributed by atoms with Crippen molar-refractivity contribution in [3.05, 3.63) is 68.5 Å². The Hall–Kier alpha value is -2.10. The number of aromatic nitrogens is 1. The number of fused-ring (bicyclic) bond motifs is 5. The van der Waals surface area contributed by atoms with Crippen molar-refractivity contribution >= 4 is 22.4 Å². The van der Waals surface area contributed by atoms with Crippen LogP contribution in [0.4, 0.5) is 0 Å². The van der Waals surface area contributed by atoms with Crippen LogP contribution in [0.15, 0.2) is 41.2 Å². The van der Waals surface area contributed by atoms with Crippen LogP contribution in [-0.2, 0) is 13.0 Å². The number of pyridine rings is 1. The van der Waals surface area contributed by atoms with E-state index in [1.54, 1.807) is 6.07 Å². The molecule has 4 heteroatoms. The van der Waals surface area contributed by atoms with Crippen LogP contribution in [0.1, 0.15) is 42.4 Å². The van der Waals surface area contributed by atoms with Crippen molar-refractivity contribution in [2.24, 2.45) is 0 Å². The predicted octanol–water partition coefficient (Wildman–Crippen LogP) is 4.78. The molecular formula is C22H21ClN2O. The lowest BCUT2D eigenvalue weighted by Gasteiger charge is -2.14. The van der Waals surface area contributed by atoms with Crippen LogP contribution < -0.4 is 10.9 Å². The van der Waals surface area contributed by atoms with E-state index in [1.165, 1.54) is 42.4 Å². The van der Waals surface area contributed by atoms with Gasteiger partial charge < -0.3 is 10.3 Å². The van der Waals surface area contributed by atoms with Crippen molar-refractivity contribution in [2.75, 3.05) is 0 Å². The zero-order valence-electron chi connectivity index (χ0n) is 14.6. The zero-order chi connectivity index (χ0) is 17.7. The van der Waals surface area contributed by atoms with E-state index in [-0.39, 0.29) is 5.56 Å². The fourth-order valence-corrected chi connectivity index (χ4v) is 4.87. The van der Waals surface area contributed by atoms with E-state index in [9.17, 15) is 4.79 Å². The van der Waals surface area contributed by atoms with Gasteiger partial charge in [-0.2, -0.15) is 0 Å². The summed E-state index contributed by atoms with van der Waals surface area (Å²) in [6, 6.07) is 12.8. The predicted molar refractivity (Wildman–Crippen MR) is 107 cm³/mol. The number of hydrogen-bond acceptors (Lipinski definition) is 2. The van der Waals surface area contributed by atoms with E-state index >= 15 is 0 Å². The summed E-state index contributed by atoms with van der Waals surface area (Å²) in [5.74, 6) is 0. The quantitative estimate of drug-likeness (QED) is 0.549.